The highest BCUT2D eigenvalue weighted by atomic mass is 31.2. The number of fused-ring (bicyclic) bond motifs is 2. The summed E-state index contributed by atoms with van der Waals surface area (Å²) in [6.45, 7) is 13.8. The fourth-order valence-corrected chi connectivity index (χ4v) is 11.1. The van der Waals surface area contributed by atoms with Crippen molar-refractivity contribution in [3.63, 3.8) is 0 Å². The first kappa shape index (κ1) is 50.4. The molecule has 0 bridgehead atoms. The molecule has 2 aliphatic rings. The second-order valence-electron chi connectivity index (χ2n) is 19.0. The zero-order valence-electron chi connectivity index (χ0n) is 41.1. The lowest BCUT2D eigenvalue weighted by molar-refractivity contribution is -0.123. The molecule has 4 heterocycles. The first-order chi connectivity index (χ1) is 33.6. The lowest BCUT2D eigenvalue weighted by Crippen LogP contribution is -2.43. The quantitative estimate of drug-likeness (QED) is 0.0445. The highest BCUT2D eigenvalue weighted by Crippen LogP contribution is 2.58. The number of hydrogen-bond acceptors (Lipinski definition) is 13. The third-order valence-corrected chi connectivity index (χ3v) is 14.8. The van der Waals surface area contributed by atoms with E-state index in [2.05, 4.69) is 53.7 Å². The van der Waals surface area contributed by atoms with E-state index in [4.69, 9.17) is 37.7 Å². The minimum absolute atomic E-state index is 0.00320. The van der Waals surface area contributed by atoms with Crippen molar-refractivity contribution >= 4 is 31.5 Å². The highest BCUT2D eigenvalue weighted by molar-refractivity contribution is 7.44. The number of carbonyl (C=O) groups is 1. The van der Waals surface area contributed by atoms with Crippen LogP contribution in [0.2, 0.25) is 0 Å². The molecule has 17 heteroatoms. The Morgan fingerprint density at radius 2 is 1.50 bits per heavy atom. The van der Waals surface area contributed by atoms with Crippen LogP contribution in [0.4, 0.5) is 5.95 Å². The van der Waals surface area contributed by atoms with Crippen LogP contribution in [0.1, 0.15) is 89.8 Å². The Balaban J connectivity index is 1.27. The van der Waals surface area contributed by atoms with Crippen molar-refractivity contribution in [3.05, 3.63) is 148 Å². The molecule has 70 heavy (non-hydrogen) atoms. The summed E-state index contributed by atoms with van der Waals surface area (Å²) in [6.07, 6.45) is -1.26. The number of ether oxygens (including phenoxy) is 5. The number of aromatic amines is 1. The molecule has 2 fully saturated rings. The molecule has 2 aromatic heterocycles. The molecule has 0 radical (unpaired) electrons. The minimum Gasteiger partial charge on any atom is -0.497 e. The van der Waals surface area contributed by atoms with Gasteiger partial charge in [-0.3, -0.25) is 24.5 Å². The predicted molar refractivity (Wildman–Crippen MR) is 266 cm³/mol. The van der Waals surface area contributed by atoms with E-state index in [0.717, 1.165) is 22.3 Å². The summed E-state index contributed by atoms with van der Waals surface area (Å²) in [4.78, 5) is 38.4. The van der Waals surface area contributed by atoms with Gasteiger partial charge in [-0.15, -0.1) is 0 Å². The number of amides is 1. The molecule has 2 N–H and O–H groups in total. The molecular weight excluding hydrogens is 910 g/mol. The molecular formula is C53H62N7O9P. The van der Waals surface area contributed by atoms with E-state index in [1.54, 1.807) is 39.6 Å². The Kier molecular flexibility index (Phi) is 15.2. The number of imidazole rings is 1. The number of anilines is 1. The Morgan fingerprint density at radius 1 is 0.914 bits per heavy atom. The average molecular weight is 972 g/mol. The van der Waals surface area contributed by atoms with Crippen molar-refractivity contribution in [3.8, 4) is 17.6 Å². The molecule has 1 amide bonds. The van der Waals surface area contributed by atoms with Gasteiger partial charge >= 0.3 is 0 Å². The molecule has 1 unspecified atom stereocenters. The molecule has 2 saturated heterocycles. The number of methoxy groups -OCH3 is 2. The summed E-state index contributed by atoms with van der Waals surface area (Å²) >= 11 is 0. The summed E-state index contributed by atoms with van der Waals surface area (Å²) in [5, 5.41) is 12.4. The highest BCUT2D eigenvalue weighted by Gasteiger charge is 2.64. The van der Waals surface area contributed by atoms with Crippen LogP contribution in [0, 0.1) is 16.7 Å². The molecule has 0 aliphatic carbocycles. The fourth-order valence-electron chi connectivity index (χ4n) is 9.35. The van der Waals surface area contributed by atoms with Crippen molar-refractivity contribution in [2.24, 2.45) is 5.41 Å². The van der Waals surface area contributed by atoms with Gasteiger partial charge in [-0.25, -0.2) is 9.65 Å². The zero-order chi connectivity index (χ0) is 49.8. The number of nitrogens with zero attached hydrogens (tertiary/aromatic N) is 5. The molecule has 368 valence electrons. The monoisotopic (exact) mass is 971 g/mol. The second-order valence-corrected chi connectivity index (χ2v) is 20.4. The van der Waals surface area contributed by atoms with Crippen LogP contribution < -0.4 is 20.3 Å². The van der Waals surface area contributed by atoms with Crippen LogP contribution in [0.15, 0.2) is 120 Å². The number of nitriles is 1. The van der Waals surface area contributed by atoms with Gasteiger partial charge in [0.2, 0.25) is 11.9 Å². The maximum Gasteiger partial charge on any atom is 0.280 e. The predicted octanol–water partition coefficient (Wildman–Crippen LogP) is 9.37. The van der Waals surface area contributed by atoms with Crippen LogP contribution >= 0.6 is 8.53 Å². The molecule has 2 aliphatic heterocycles. The van der Waals surface area contributed by atoms with Crippen molar-refractivity contribution in [1.82, 2.24) is 24.2 Å². The van der Waals surface area contributed by atoms with E-state index in [1.165, 1.54) is 6.33 Å². The maximum atomic E-state index is 13.5. The normalized spacial score (nSPS) is 20.7. The lowest BCUT2D eigenvalue weighted by Gasteiger charge is -2.39. The number of benzene rings is 4. The number of carbonyl (C=O) groups excluding carboxylic acids is 1. The van der Waals surface area contributed by atoms with Gasteiger partial charge in [-0.2, -0.15) is 10.2 Å². The SMILES string of the molecule is COc1ccc(C(OC[C@H]2O[C@@]3(c4ccccc4)C[C@@H](n4cnc5c(=O)[nH]c(NC(=O)C(C)(C)C)nc54)O[C@@H]3[C@@H]2OP(OCCC#N)N(C(C)C)C(C)C)(c2ccccc2)c2ccc(OC)cc2)cc1. The van der Waals surface area contributed by atoms with E-state index in [-0.39, 0.29) is 61.2 Å². The topological polar surface area (TPSA) is 184 Å². The second kappa shape index (κ2) is 21.1. The van der Waals surface area contributed by atoms with Gasteiger partial charge in [0.15, 0.2) is 11.2 Å². The molecule has 6 aromatic rings. The van der Waals surface area contributed by atoms with Crippen molar-refractivity contribution in [1.29, 1.82) is 5.26 Å². The van der Waals surface area contributed by atoms with E-state index >= 15 is 0 Å². The average Bonchev–Trinajstić information content (AvgIpc) is 4.04. The van der Waals surface area contributed by atoms with Crippen molar-refractivity contribution in [2.75, 3.05) is 32.8 Å². The Bertz CT molecular complexity index is 2760. The van der Waals surface area contributed by atoms with Crippen LogP contribution in [-0.2, 0) is 39.3 Å². The van der Waals surface area contributed by atoms with E-state index in [1.807, 2.05) is 109 Å². The smallest absolute Gasteiger partial charge is 0.280 e. The molecule has 0 spiro atoms. The van der Waals surface area contributed by atoms with Gasteiger partial charge in [0, 0.05) is 23.9 Å². The molecule has 16 nitrogen and oxygen atoms in total. The van der Waals surface area contributed by atoms with Crippen LogP contribution in [-0.4, -0.2) is 87.9 Å². The van der Waals surface area contributed by atoms with Crippen molar-refractivity contribution in [2.45, 2.75) is 109 Å². The number of rotatable bonds is 19. The summed E-state index contributed by atoms with van der Waals surface area (Å²) in [5.41, 5.74) is 0.0725. The van der Waals surface area contributed by atoms with Gasteiger partial charge in [0.25, 0.3) is 14.1 Å². The maximum absolute atomic E-state index is 13.5. The summed E-state index contributed by atoms with van der Waals surface area (Å²) in [6, 6.07) is 37.8. The zero-order valence-corrected chi connectivity index (χ0v) is 42.0. The molecule has 0 saturated carbocycles. The summed E-state index contributed by atoms with van der Waals surface area (Å²) < 4.78 is 51.4. The first-order valence-electron chi connectivity index (χ1n) is 23.5. The van der Waals surface area contributed by atoms with Crippen LogP contribution in [0.25, 0.3) is 11.2 Å². The van der Waals surface area contributed by atoms with E-state index in [9.17, 15) is 14.9 Å². The number of hydrogen-bond donors (Lipinski definition) is 2. The largest absolute Gasteiger partial charge is 0.497 e. The molecule has 6 atom stereocenters. The standard InChI is InChI=1S/C53H62N7O9P/c1-34(2)60(35(3)4)70(66-30-16-29-54)69-45-42(32-65-53(37-19-14-11-15-20-37,38-21-25-40(63-8)26-22-38)39-23-27-41(64-9)28-24-39)68-52(36-17-12-10-13-18-36)31-43(67-46(45)52)59-33-55-44-47(59)56-50(57-48(44)61)58-49(62)51(5,6)7/h10-15,17-28,33-35,42-43,45-46H,16,30-32H2,1-9H3,(H2,56,57,58,61,62)/t42-,43+,45-,46-,52-,70?/m1/s1. The Hall–Kier alpha value is -6.02. The van der Waals surface area contributed by atoms with Crippen molar-refractivity contribution < 1.29 is 37.5 Å². The summed E-state index contributed by atoms with van der Waals surface area (Å²) in [7, 11) is 1.43. The van der Waals surface area contributed by atoms with E-state index in [0.29, 0.717) is 11.5 Å². The van der Waals surface area contributed by atoms with Gasteiger partial charge in [0.1, 0.15) is 47.2 Å². The number of aromatic nitrogens is 4. The Labute approximate surface area is 410 Å². The third kappa shape index (κ3) is 9.98. The van der Waals surface area contributed by atoms with Gasteiger partial charge in [0.05, 0.1) is 46.3 Å². The third-order valence-electron chi connectivity index (χ3n) is 12.7. The van der Waals surface area contributed by atoms with Gasteiger partial charge in [-0.05, 0) is 74.2 Å². The minimum atomic E-state index is -1.84. The molecule has 4 aromatic carbocycles. The van der Waals surface area contributed by atoms with Crippen LogP contribution in [0.3, 0.4) is 0 Å². The number of nitrogens with one attached hydrogen (secondary N) is 2. The number of H-pyrrole nitrogens is 1. The van der Waals surface area contributed by atoms with Gasteiger partial charge < -0.3 is 32.7 Å². The first-order valence-corrected chi connectivity index (χ1v) is 24.7. The lowest BCUT2D eigenvalue weighted by atomic mass is 9.80. The van der Waals surface area contributed by atoms with Crippen LogP contribution in [0.5, 0.6) is 11.5 Å². The summed E-state index contributed by atoms with van der Waals surface area (Å²) in [5.74, 6) is 1.05. The molecule has 8 rings (SSSR count). The Morgan fingerprint density at radius 3 is 2.06 bits per heavy atom. The van der Waals surface area contributed by atoms with Gasteiger partial charge in [-0.1, -0.05) is 106 Å². The fraction of sp³-hybridized carbons (Fsp3) is 0.415. The van der Waals surface area contributed by atoms with E-state index < -0.39 is 55.2 Å².